The molecule has 2 heterocycles. The summed E-state index contributed by atoms with van der Waals surface area (Å²) in [5, 5.41) is 6.90. The first-order chi connectivity index (χ1) is 18.3. The van der Waals surface area contributed by atoms with E-state index in [9.17, 15) is 0 Å². The number of furan rings is 1. The normalized spacial score (nSPS) is 11.8. The molecule has 6 aromatic carbocycles. The topological polar surface area (TPSA) is 38.9 Å². The van der Waals surface area contributed by atoms with Gasteiger partial charge in [-0.2, -0.15) is 0 Å². The van der Waals surface area contributed by atoms with Crippen molar-refractivity contribution in [3.63, 3.8) is 0 Å². The molecule has 3 nitrogen and oxygen atoms in total. The van der Waals surface area contributed by atoms with E-state index in [1.54, 1.807) is 12.4 Å². The third-order valence-corrected chi connectivity index (χ3v) is 7.37. The van der Waals surface area contributed by atoms with Crippen molar-refractivity contribution < 1.29 is 4.42 Å². The molecule has 0 fully saturated rings. The van der Waals surface area contributed by atoms with Gasteiger partial charge in [-0.1, -0.05) is 84.9 Å². The lowest BCUT2D eigenvalue weighted by molar-refractivity contribution is 0.669. The van der Waals surface area contributed by atoms with Crippen LogP contribution in [-0.4, -0.2) is 9.97 Å². The van der Waals surface area contributed by atoms with Gasteiger partial charge in [-0.25, -0.2) is 0 Å². The van der Waals surface area contributed by atoms with Crippen molar-refractivity contribution in [3.05, 3.63) is 122 Å². The van der Waals surface area contributed by atoms with Crippen LogP contribution in [0, 0.1) is 0 Å². The maximum atomic E-state index is 6.07. The Bertz CT molecular complexity index is 2120. The highest BCUT2D eigenvalue weighted by Gasteiger charge is 2.14. The summed E-state index contributed by atoms with van der Waals surface area (Å²) in [5.74, 6) is 0. The fourth-order valence-corrected chi connectivity index (χ4v) is 5.68. The van der Waals surface area contributed by atoms with E-state index in [1.165, 1.54) is 33.0 Å². The van der Waals surface area contributed by atoms with Gasteiger partial charge in [-0.15, -0.1) is 0 Å². The van der Waals surface area contributed by atoms with Crippen LogP contribution in [0.2, 0.25) is 0 Å². The SMILES string of the molecule is c1ccc(-c2ccc3c(c2)c2ccccc2c2nccnc32)c(-c2ccc3oc4ccccc4c3c2)c1. The average molecular weight is 473 g/mol. The van der Waals surface area contributed by atoms with Crippen molar-refractivity contribution in [2.24, 2.45) is 0 Å². The third-order valence-electron chi connectivity index (χ3n) is 7.37. The van der Waals surface area contributed by atoms with Gasteiger partial charge in [0.05, 0.1) is 11.0 Å². The lowest BCUT2D eigenvalue weighted by atomic mass is 9.91. The van der Waals surface area contributed by atoms with Crippen LogP contribution < -0.4 is 0 Å². The van der Waals surface area contributed by atoms with E-state index >= 15 is 0 Å². The first-order valence-corrected chi connectivity index (χ1v) is 12.4. The molecule has 0 N–H and O–H groups in total. The molecule has 0 saturated heterocycles. The van der Waals surface area contributed by atoms with Gasteiger partial charge in [-0.05, 0) is 57.3 Å². The van der Waals surface area contributed by atoms with Gasteiger partial charge >= 0.3 is 0 Å². The molecule has 172 valence electrons. The van der Waals surface area contributed by atoms with E-state index in [0.29, 0.717) is 0 Å². The molecule has 0 unspecified atom stereocenters. The highest BCUT2D eigenvalue weighted by Crippen LogP contribution is 2.39. The van der Waals surface area contributed by atoms with E-state index in [0.717, 1.165) is 43.7 Å². The lowest BCUT2D eigenvalue weighted by Crippen LogP contribution is -1.90. The second-order valence-corrected chi connectivity index (χ2v) is 9.41. The van der Waals surface area contributed by atoms with E-state index in [-0.39, 0.29) is 0 Å². The first-order valence-electron chi connectivity index (χ1n) is 12.4. The Hall–Kier alpha value is -5.02. The minimum absolute atomic E-state index is 0.910. The average Bonchev–Trinajstić information content (AvgIpc) is 3.35. The zero-order valence-corrected chi connectivity index (χ0v) is 19.8. The molecule has 0 aliphatic rings. The van der Waals surface area contributed by atoms with Gasteiger partial charge in [-0.3, -0.25) is 9.97 Å². The number of hydrogen-bond acceptors (Lipinski definition) is 3. The Morgan fingerprint density at radius 2 is 0.946 bits per heavy atom. The number of rotatable bonds is 2. The lowest BCUT2D eigenvalue weighted by Gasteiger charge is -2.13. The second-order valence-electron chi connectivity index (χ2n) is 9.41. The largest absolute Gasteiger partial charge is 0.456 e. The Balaban J connectivity index is 1.38. The molecule has 0 amide bonds. The van der Waals surface area contributed by atoms with Gasteiger partial charge in [0, 0.05) is 33.9 Å². The highest BCUT2D eigenvalue weighted by molar-refractivity contribution is 6.23. The number of fused-ring (bicyclic) bond motifs is 9. The zero-order chi connectivity index (χ0) is 24.3. The quantitative estimate of drug-likeness (QED) is 0.235. The minimum atomic E-state index is 0.910. The molecule has 0 aliphatic carbocycles. The highest BCUT2D eigenvalue weighted by atomic mass is 16.3. The van der Waals surface area contributed by atoms with Gasteiger partial charge < -0.3 is 4.42 Å². The molecular weight excluding hydrogens is 452 g/mol. The van der Waals surface area contributed by atoms with Crippen molar-refractivity contribution in [2.75, 3.05) is 0 Å². The Labute approximate surface area is 212 Å². The molecular formula is C34H20N2O. The number of nitrogens with zero attached hydrogens (tertiary/aromatic N) is 2. The summed E-state index contributed by atoms with van der Waals surface area (Å²) in [5.41, 5.74) is 8.44. The number of benzene rings is 6. The van der Waals surface area contributed by atoms with Crippen LogP contribution in [0.25, 0.3) is 76.8 Å². The minimum Gasteiger partial charge on any atom is -0.456 e. The van der Waals surface area contributed by atoms with Crippen molar-refractivity contribution >= 4 is 54.5 Å². The predicted octanol–water partition coefficient (Wildman–Crippen LogP) is 9.17. The van der Waals surface area contributed by atoms with Crippen LogP contribution in [0.4, 0.5) is 0 Å². The molecule has 0 bridgehead atoms. The van der Waals surface area contributed by atoms with E-state index in [4.69, 9.17) is 9.40 Å². The second kappa shape index (κ2) is 7.74. The molecule has 37 heavy (non-hydrogen) atoms. The zero-order valence-electron chi connectivity index (χ0n) is 19.8. The summed E-state index contributed by atoms with van der Waals surface area (Å²) in [6.45, 7) is 0. The van der Waals surface area contributed by atoms with Gasteiger partial charge in [0.1, 0.15) is 11.2 Å². The van der Waals surface area contributed by atoms with Gasteiger partial charge in [0.15, 0.2) is 0 Å². The summed E-state index contributed by atoms with van der Waals surface area (Å²) < 4.78 is 6.07. The van der Waals surface area contributed by atoms with E-state index in [2.05, 4.69) is 102 Å². The van der Waals surface area contributed by atoms with Crippen molar-refractivity contribution in [1.82, 2.24) is 9.97 Å². The molecule has 8 aromatic rings. The fraction of sp³-hybridized carbons (Fsp3) is 0. The van der Waals surface area contributed by atoms with E-state index in [1.807, 2.05) is 12.1 Å². The summed E-state index contributed by atoms with van der Waals surface area (Å²) >= 11 is 0. The summed E-state index contributed by atoms with van der Waals surface area (Å²) in [4.78, 5) is 9.37. The molecule has 0 aliphatic heterocycles. The van der Waals surface area contributed by atoms with E-state index < -0.39 is 0 Å². The standard InChI is InChI=1S/C34H20N2O/c1-2-8-24(22-14-16-32-30(20-22)26-10-5-6-12-31(26)37-32)23(7-1)21-13-15-28-29(19-21)25-9-3-4-11-27(25)33-34(28)36-18-17-35-33/h1-20H. The first kappa shape index (κ1) is 20.2. The molecule has 2 aromatic heterocycles. The van der Waals surface area contributed by atoms with Crippen LogP contribution in [0.5, 0.6) is 0 Å². The maximum absolute atomic E-state index is 6.07. The van der Waals surface area contributed by atoms with Crippen LogP contribution in [-0.2, 0) is 0 Å². The molecule has 0 atom stereocenters. The molecule has 8 rings (SSSR count). The Morgan fingerprint density at radius 1 is 0.405 bits per heavy atom. The van der Waals surface area contributed by atoms with Crippen LogP contribution in [0.3, 0.4) is 0 Å². The van der Waals surface area contributed by atoms with Crippen LogP contribution in [0.15, 0.2) is 126 Å². The summed E-state index contributed by atoms with van der Waals surface area (Å²) in [6.07, 6.45) is 3.54. The smallest absolute Gasteiger partial charge is 0.135 e. The molecule has 0 saturated carbocycles. The number of para-hydroxylation sites is 1. The molecule has 0 spiro atoms. The Morgan fingerprint density at radius 3 is 1.70 bits per heavy atom. The predicted molar refractivity (Wildman–Crippen MR) is 153 cm³/mol. The van der Waals surface area contributed by atoms with Gasteiger partial charge in [0.2, 0.25) is 0 Å². The Kier molecular flexibility index (Phi) is 4.23. The van der Waals surface area contributed by atoms with Crippen LogP contribution >= 0.6 is 0 Å². The van der Waals surface area contributed by atoms with Gasteiger partial charge in [0.25, 0.3) is 0 Å². The van der Waals surface area contributed by atoms with Crippen LogP contribution in [0.1, 0.15) is 0 Å². The van der Waals surface area contributed by atoms with Crippen molar-refractivity contribution in [3.8, 4) is 22.3 Å². The fourth-order valence-electron chi connectivity index (χ4n) is 5.68. The number of hydrogen-bond donors (Lipinski definition) is 0. The van der Waals surface area contributed by atoms with Crippen molar-refractivity contribution in [2.45, 2.75) is 0 Å². The monoisotopic (exact) mass is 472 g/mol. The molecule has 3 heteroatoms. The summed E-state index contributed by atoms with van der Waals surface area (Å²) in [7, 11) is 0. The summed E-state index contributed by atoms with van der Waals surface area (Å²) in [6, 6.07) is 38.5. The van der Waals surface area contributed by atoms with Crippen molar-refractivity contribution in [1.29, 1.82) is 0 Å². The molecule has 0 radical (unpaired) electrons. The third kappa shape index (κ3) is 3.01. The number of aromatic nitrogens is 2. The maximum Gasteiger partial charge on any atom is 0.135 e.